The molecule has 1 unspecified atom stereocenters. The summed E-state index contributed by atoms with van der Waals surface area (Å²) in [5.74, 6) is 0. The van der Waals surface area contributed by atoms with E-state index in [4.69, 9.17) is 0 Å². The van der Waals surface area contributed by atoms with Crippen LogP contribution < -0.4 is 5.32 Å². The van der Waals surface area contributed by atoms with Crippen LogP contribution in [-0.4, -0.2) is 25.8 Å². The van der Waals surface area contributed by atoms with Gasteiger partial charge >= 0.3 is 0 Å². The first-order chi connectivity index (χ1) is 5.72. The SMILES string of the molecule is C/C=C(/C)C(C)NCC/C=N\C. The molecule has 2 nitrogen and oxygen atoms in total. The van der Waals surface area contributed by atoms with Gasteiger partial charge in [-0.25, -0.2) is 0 Å². The van der Waals surface area contributed by atoms with Crippen molar-refractivity contribution in [2.45, 2.75) is 33.2 Å². The monoisotopic (exact) mass is 168 g/mol. The van der Waals surface area contributed by atoms with Crippen LogP contribution in [0.5, 0.6) is 0 Å². The highest BCUT2D eigenvalue weighted by atomic mass is 14.9. The van der Waals surface area contributed by atoms with E-state index in [1.165, 1.54) is 5.57 Å². The molecule has 1 atom stereocenters. The van der Waals surface area contributed by atoms with Crippen LogP contribution in [0.1, 0.15) is 27.2 Å². The summed E-state index contributed by atoms with van der Waals surface area (Å²) in [4.78, 5) is 3.92. The Morgan fingerprint density at radius 3 is 2.75 bits per heavy atom. The summed E-state index contributed by atoms with van der Waals surface area (Å²) in [6.07, 6.45) is 5.09. The quantitative estimate of drug-likeness (QED) is 0.379. The van der Waals surface area contributed by atoms with E-state index in [2.05, 4.69) is 37.2 Å². The first-order valence-electron chi connectivity index (χ1n) is 4.49. The van der Waals surface area contributed by atoms with Crippen molar-refractivity contribution in [2.75, 3.05) is 13.6 Å². The third-order valence-electron chi connectivity index (χ3n) is 2.04. The first-order valence-corrected chi connectivity index (χ1v) is 4.49. The molecular formula is C10H20N2. The standard InChI is InChI=1S/C10H20N2/c1-5-9(2)10(3)12-8-6-7-11-4/h5,7,10,12H,6,8H2,1-4H3/b9-5-,11-7-. The zero-order valence-electron chi connectivity index (χ0n) is 8.59. The van der Waals surface area contributed by atoms with Gasteiger partial charge in [-0.15, -0.1) is 0 Å². The van der Waals surface area contributed by atoms with Gasteiger partial charge in [-0.1, -0.05) is 11.6 Å². The van der Waals surface area contributed by atoms with E-state index in [0.29, 0.717) is 6.04 Å². The fraction of sp³-hybridized carbons (Fsp3) is 0.700. The van der Waals surface area contributed by atoms with Gasteiger partial charge in [0.25, 0.3) is 0 Å². The minimum atomic E-state index is 0.486. The summed E-state index contributed by atoms with van der Waals surface area (Å²) >= 11 is 0. The number of nitrogens with one attached hydrogen (secondary N) is 1. The molecule has 70 valence electrons. The van der Waals surface area contributed by atoms with Crippen LogP contribution in [0.25, 0.3) is 0 Å². The highest BCUT2D eigenvalue weighted by molar-refractivity contribution is 5.56. The fourth-order valence-corrected chi connectivity index (χ4v) is 0.904. The zero-order valence-corrected chi connectivity index (χ0v) is 8.59. The lowest BCUT2D eigenvalue weighted by molar-refractivity contribution is 0.621. The Morgan fingerprint density at radius 1 is 1.58 bits per heavy atom. The molecule has 1 N–H and O–H groups in total. The second-order valence-electron chi connectivity index (χ2n) is 2.94. The van der Waals surface area contributed by atoms with Crippen LogP contribution in [0.4, 0.5) is 0 Å². The maximum atomic E-state index is 3.92. The maximum absolute atomic E-state index is 3.92. The molecule has 0 aromatic carbocycles. The Balaban J connectivity index is 3.50. The van der Waals surface area contributed by atoms with Crippen LogP contribution in [0.2, 0.25) is 0 Å². The molecule has 0 aliphatic rings. The lowest BCUT2D eigenvalue weighted by atomic mass is 10.1. The normalized spacial score (nSPS) is 15.5. The number of aliphatic imine (C=N–C) groups is 1. The fourth-order valence-electron chi connectivity index (χ4n) is 0.904. The predicted octanol–water partition coefficient (Wildman–Crippen LogP) is 2.02. The molecular weight excluding hydrogens is 148 g/mol. The predicted molar refractivity (Wildman–Crippen MR) is 55.9 cm³/mol. The Hall–Kier alpha value is -0.630. The summed E-state index contributed by atoms with van der Waals surface area (Å²) < 4.78 is 0. The minimum absolute atomic E-state index is 0.486. The third kappa shape index (κ3) is 5.08. The Bertz CT molecular complexity index is 159. The first kappa shape index (κ1) is 11.4. The van der Waals surface area contributed by atoms with Gasteiger partial charge in [0, 0.05) is 19.6 Å². The van der Waals surface area contributed by atoms with E-state index in [0.717, 1.165) is 13.0 Å². The summed E-state index contributed by atoms with van der Waals surface area (Å²) in [7, 11) is 1.81. The van der Waals surface area contributed by atoms with Gasteiger partial charge < -0.3 is 10.3 Å². The molecule has 0 bridgehead atoms. The van der Waals surface area contributed by atoms with Crippen LogP contribution in [0.3, 0.4) is 0 Å². The Morgan fingerprint density at radius 2 is 2.25 bits per heavy atom. The molecule has 0 heterocycles. The van der Waals surface area contributed by atoms with Gasteiger partial charge in [0.2, 0.25) is 0 Å². The molecule has 2 heteroatoms. The van der Waals surface area contributed by atoms with Gasteiger partial charge in [0.15, 0.2) is 0 Å². The van der Waals surface area contributed by atoms with Crippen LogP contribution in [0.15, 0.2) is 16.6 Å². The van der Waals surface area contributed by atoms with E-state index in [9.17, 15) is 0 Å². The molecule has 0 amide bonds. The molecule has 0 radical (unpaired) electrons. The van der Waals surface area contributed by atoms with Crippen molar-refractivity contribution < 1.29 is 0 Å². The minimum Gasteiger partial charge on any atom is -0.310 e. The van der Waals surface area contributed by atoms with Crippen molar-refractivity contribution in [3.8, 4) is 0 Å². The molecule has 0 aromatic heterocycles. The van der Waals surface area contributed by atoms with Gasteiger partial charge in [0.1, 0.15) is 0 Å². The lowest BCUT2D eigenvalue weighted by Crippen LogP contribution is -2.28. The van der Waals surface area contributed by atoms with Crippen molar-refractivity contribution in [1.29, 1.82) is 0 Å². The molecule has 0 spiro atoms. The van der Waals surface area contributed by atoms with Crippen molar-refractivity contribution in [2.24, 2.45) is 4.99 Å². The van der Waals surface area contributed by atoms with Gasteiger partial charge in [-0.3, -0.25) is 0 Å². The van der Waals surface area contributed by atoms with E-state index in [1.807, 2.05) is 6.21 Å². The van der Waals surface area contributed by atoms with Crippen LogP contribution in [-0.2, 0) is 0 Å². The number of rotatable bonds is 5. The second-order valence-corrected chi connectivity index (χ2v) is 2.94. The summed E-state index contributed by atoms with van der Waals surface area (Å²) in [5.41, 5.74) is 1.39. The molecule has 0 saturated carbocycles. The maximum Gasteiger partial charge on any atom is 0.0273 e. The largest absolute Gasteiger partial charge is 0.310 e. The molecule has 0 aromatic rings. The van der Waals surface area contributed by atoms with Crippen molar-refractivity contribution in [3.05, 3.63) is 11.6 Å². The molecule has 12 heavy (non-hydrogen) atoms. The molecule has 0 saturated heterocycles. The molecule has 0 rings (SSSR count). The van der Waals surface area contributed by atoms with Gasteiger partial charge in [-0.2, -0.15) is 0 Å². The van der Waals surface area contributed by atoms with Crippen LogP contribution in [0, 0.1) is 0 Å². The number of nitrogens with zero attached hydrogens (tertiary/aromatic N) is 1. The van der Waals surface area contributed by atoms with Crippen molar-refractivity contribution >= 4 is 6.21 Å². The number of hydrogen-bond acceptors (Lipinski definition) is 2. The van der Waals surface area contributed by atoms with E-state index < -0.39 is 0 Å². The summed E-state index contributed by atoms with van der Waals surface area (Å²) in [6, 6.07) is 0.486. The average molecular weight is 168 g/mol. The molecule has 0 aliphatic carbocycles. The van der Waals surface area contributed by atoms with E-state index >= 15 is 0 Å². The third-order valence-corrected chi connectivity index (χ3v) is 2.04. The van der Waals surface area contributed by atoms with E-state index in [1.54, 1.807) is 7.05 Å². The number of allylic oxidation sites excluding steroid dienone is 1. The molecule has 0 fully saturated rings. The van der Waals surface area contributed by atoms with Crippen molar-refractivity contribution in [3.63, 3.8) is 0 Å². The number of hydrogen-bond donors (Lipinski definition) is 1. The highest BCUT2D eigenvalue weighted by Crippen LogP contribution is 1.98. The molecule has 0 aliphatic heterocycles. The Kier molecular flexibility index (Phi) is 6.67. The topological polar surface area (TPSA) is 24.4 Å². The smallest absolute Gasteiger partial charge is 0.0273 e. The van der Waals surface area contributed by atoms with E-state index in [-0.39, 0.29) is 0 Å². The van der Waals surface area contributed by atoms with Crippen LogP contribution >= 0.6 is 0 Å². The lowest BCUT2D eigenvalue weighted by Gasteiger charge is -2.12. The van der Waals surface area contributed by atoms with Gasteiger partial charge in [-0.05, 0) is 33.4 Å². The summed E-state index contributed by atoms with van der Waals surface area (Å²) in [6.45, 7) is 7.40. The highest BCUT2D eigenvalue weighted by Gasteiger charge is 1.99. The van der Waals surface area contributed by atoms with Gasteiger partial charge in [0.05, 0.1) is 0 Å². The zero-order chi connectivity index (χ0) is 9.40. The Labute approximate surface area is 75.8 Å². The second kappa shape index (κ2) is 7.04. The van der Waals surface area contributed by atoms with Crippen molar-refractivity contribution in [1.82, 2.24) is 5.32 Å². The average Bonchev–Trinajstić information content (AvgIpc) is 2.10. The summed E-state index contributed by atoms with van der Waals surface area (Å²) in [5, 5.41) is 3.41.